The summed E-state index contributed by atoms with van der Waals surface area (Å²) in [6.45, 7) is 1.83. The van der Waals surface area contributed by atoms with Crippen LogP contribution in [0.3, 0.4) is 0 Å². The Kier molecular flexibility index (Phi) is 4.85. The number of carbonyl (C=O) groups is 1. The number of halogens is 1. The van der Waals surface area contributed by atoms with Crippen molar-refractivity contribution < 1.29 is 17.6 Å². The summed E-state index contributed by atoms with van der Waals surface area (Å²) in [6.07, 6.45) is 4.20. The summed E-state index contributed by atoms with van der Waals surface area (Å²) < 4.78 is 40.5. The van der Waals surface area contributed by atoms with Gasteiger partial charge in [0.05, 0.1) is 16.7 Å². The highest BCUT2D eigenvalue weighted by atomic mass is 32.2. The van der Waals surface area contributed by atoms with Crippen LogP contribution in [0, 0.1) is 12.7 Å². The summed E-state index contributed by atoms with van der Waals surface area (Å²) in [7, 11) is -4.08. The highest BCUT2D eigenvalue weighted by Crippen LogP contribution is 2.21. The van der Waals surface area contributed by atoms with Gasteiger partial charge in [-0.15, -0.1) is 0 Å². The number of aromatic nitrogens is 2. The summed E-state index contributed by atoms with van der Waals surface area (Å²) in [5.41, 5.74) is 2.06. The van der Waals surface area contributed by atoms with Crippen molar-refractivity contribution in [2.75, 3.05) is 0 Å². The maximum absolute atomic E-state index is 13.0. The molecular formula is C18H16FN3O3S. The second kappa shape index (κ2) is 7.09. The Morgan fingerprint density at radius 1 is 1.23 bits per heavy atom. The number of hydrogen-bond donors (Lipinski definition) is 2. The molecule has 0 unspecified atom stereocenters. The average molecular weight is 373 g/mol. The molecule has 6 nitrogen and oxygen atoms in total. The van der Waals surface area contributed by atoms with Gasteiger partial charge >= 0.3 is 0 Å². The van der Waals surface area contributed by atoms with Crippen molar-refractivity contribution in [2.24, 2.45) is 0 Å². The number of rotatable bonds is 5. The summed E-state index contributed by atoms with van der Waals surface area (Å²) in [5, 5.41) is 0. The second-order valence-electron chi connectivity index (χ2n) is 5.79. The molecule has 0 aliphatic carbocycles. The van der Waals surface area contributed by atoms with Crippen LogP contribution in [0.25, 0.3) is 0 Å². The first-order valence-electron chi connectivity index (χ1n) is 7.75. The van der Waals surface area contributed by atoms with Crippen molar-refractivity contribution in [3.63, 3.8) is 0 Å². The van der Waals surface area contributed by atoms with Crippen LogP contribution < -0.4 is 4.72 Å². The molecule has 0 saturated heterocycles. The number of pyridine rings is 1. The molecule has 0 fully saturated rings. The van der Waals surface area contributed by atoms with Gasteiger partial charge in [0.2, 0.25) is 0 Å². The van der Waals surface area contributed by atoms with Crippen LogP contribution in [0.15, 0.2) is 59.9 Å². The zero-order chi connectivity index (χ0) is 18.7. The molecule has 3 aromatic rings. The minimum atomic E-state index is -4.08. The number of nitrogens with zero attached hydrogens (tertiary/aromatic N) is 1. The van der Waals surface area contributed by atoms with Crippen molar-refractivity contribution in [3.8, 4) is 0 Å². The Labute approximate surface area is 150 Å². The van der Waals surface area contributed by atoms with Gasteiger partial charge in [0.25, 0.3) is 15.9 Å². The minimum absolute atomic E-state index is 0.0156. The topological polar surface area (TPSA) is 91.9 Å². The maximum Gasteiger partial charge on any atom is 0.266 e. The van der Waals surface area contributed by atoms with Crippen molar-refractivity contribution in [1.82, 2.24) is 14.7 Å². The molecule has 26 heavy (non-hydrogen) atoms. The largest absolute Gasteiger partial charge is 0.367 e. The lowest BCUT2D eigenvalue weighted by molar-refractivity contribution is 0.0981. The van der Waals surface area contributed by atoms with Crippen LogP contribution in [0.2, 0.25) is 0 Å². The fourth-order valence-corrected chi connectivity index (χ4v) is 3.71. The standard InChI is InChI=1S/C18H16FN3O3S/c1-12-2-5-17(14(8-12)9-16-4-3-15(19)11-21-16)26(24,25)22-18(23)13-6-7-20-10-13/h2-8,10-11,20H,9H2,1H3,(H,22,23). The van der Waals surface area contributed by atoms with Crippen molar-refractivity contribution in [2.45, 2.75) is 18.2 Å². The number of sulfonamides is 1. The molecule has 0 saturated carbocycles. The zero-order valence-electron chi connectivity index (χ0n) is 13.9. The molecule has 0 atom stereocenters. The van der Waals surface area contributed by atoms with E-state index in [2.05, 4.69) is 14.7 Å². The Bertz CT molecular complexity index is 1030. The van der Waals surface area contributed by atoms with Gasteiger partial charge in [0.1, 0.15) is 5.82 Å². The van der Waals surface area contributed by atoms with E-state index in [1.165, 1.54) is 36.7 Å². The van der Waals surface area contributed by atoms with Gasteiger partial charge in [-0.2, -0.15) is 0 Å². The van der Waals surface area contributed by atoms with Crippen molar-refractivity contribution in [3.05, 3.63) is 83.2 Å². The molecular weight excluding hydrogens is 357 g/mol. The Morgan fingerprint density at radius 2 is 2.04 bits per heavy atom. The van der Waals surface area contributed by atoms with E-state index < -0.39 is 21.7 Å². The van der Waals surface area contributed by atoms with Gasteiger partial charge in [-0.25, -0.2) is 17.5 Å². The number of H-pyrrole nitrogens is 1. The smallest absolute Gasteiger partial charge is 0.266 e. The van der Waals surface area contributed by atoms with Gasteiger partial charge in [-0.1, -0.05) is 17.7 Å². The Balaban J connectivity index is 1.93. The fourth-order valence-electron chi connectivity index (χ4n) is 2.52. The highest BCUT2D eigenvalue weighted by Gasteiger charge is 2.22. The van der Waals surface area contributed by atoms with Crippen LogP contribution in [0.5, 0.6) is 0 Å². The van der Waals surface area contributed by atoms with Crippen molar-refractivity contribution >= 4 is 15.9 Å². The van der Waals surface area contributed by atoms with E-state index in [9.17, 15) is 17.6 Å². The number of nitrogens with one attached hydrogen (secondary N) is 2. The quantitative estimate of drug-likeness (QED) is 0.719. The summed E-state index contributed by atoms with van der Waals surface area (Å²) in [6, 6.07) is 9.04. The lowest BCUT2D eigenvalue weighted by Crippen LogP contribution is -2.31. The Morgan fingerprint density at radius 3 is 2.69 bits per heavy atom. The molecule has 1 aromatic carbocycles. The molecule has 2 heterocycles. The van der Waals surface area contributed by atoms with Crippen molar-refractivity contribution in [1.29, 1.82) is 0 Å². The number of hydrogen-bond acceptors (Lipinski definition) is 4. The lowest BCUT2D eigenvalue weighted by atomic mass is 10.1. The summed E-state index contributed by atoms with van der Waals surface area (Å²) in [5.74, 6) is -1.19. The molecule has 0 radical (unpaired) electrons. The van der Waals surface area contributed by atoms with Crippen LogP contribution in [0.1, 0.15) is 27.2 Å². The van der Waals surface area contributed by atoms with Crippen LogP contribution in [-0.4, -0.2) is 24.3 Å². The number of aromatic amines is 1. The second-order valence-corrected chi connectivity index (χ2v) is 7.44. The van der Waals surface area contributed by atoms with Gasteiger partial charge in [0, 0.05) is 24.5 Å². The summed E-state index contributed by atoms with van der Waals surface area (Å²) >= 11 is 0. The predicted octanol–water partition coefficient (Wildman–Crippen LogP) is 2.57. The molecule has 134 valence electrons. The number of amides is 1. The van der Waals surface area contributed by atoms with Crippen LogP contribution in [-0.2, 0) is 16.4 Å². The first-order chi connectivity index (χ1) is 12.3. The number of carbonyl (C=O) groups excluding carboxylic acids is 1. The summed E-state index contributed by atoms with van der Waals surface area (Å²) in [4.78, 5) is 18.8. The molecule has 0 aliphatic heterocycles. The third kappa shape index (κ3) is 3.97. The lowest BCUT2D eigenvalue weighted by Gasteiger charge is -2.12. The molecule has 3 rings (SSSR count). The molecule has 8 heteroatoms. The number of aryl methyl sites for hydroxylation is 1. The Hall–Kier alpha value is -3.00. The van der Waals surface area contributed by atoms with E-state index in [0.717, 1.165) is 11.8 Å². The van der Waals surface area contributed by atoms with E-state index in [4.69, 9.17) is 0 Å². The first-order valence-corrected chi connectivity index (χ1v) is 9.23. The molecule has 1 amide bonds. The molecule has 0 aliphatic rings. The predicted molar refractivity (Wildman–Crippen MR) is 93.6 cm³/mol. The maximum atomic E-state index is 13.0. The highest BCUT2D eigenvalue weighted by molar-refractivity contribution is 7.90. The van der Waals surface area contributed by atoms with Crippen LogP contribution in [0.4, 0.5) is 4.39 Å². The normalized spacial score (nSPS) is 11.3. The molecule has 2 N–H and O–H groups in total. The van der Waals surface area contributed by atoms with Crippen LogP contribution >= 0.6 is 0 Å². The molecule has 2 aromatic heterocycles. The number of benzene rings is 1. The third-order valence-electron chi connectivity index (χ3n) is 3.75. The molecule has 0 spiro atoms. The van der Waals surface area contributed by atoms with Gasteiger partial charge in [0.15, 0.2) is 0 Å². The van der Waals surface area contributed by atoms with E-state index in [-0.39, 0.29) is 16.9 Å². The third-order valence-corrected chi connectivity index (χ3v) is 5.18. The van der Waals surface area contributed by atoms with Gasteiger partial charge in [-0.05, 0) is 36.8 Å². The first kappa shape index (κ1) is 17.8. The average Bonchev–Trinajstić information content (AvgIpc) is 3.11. The van der Waals surface area contributed by atoms with Gasteiger partial charge in [-0.3, -0.25) is 9.78 Å². The fraction of sp³-hybridized carbons (Fsp3) is 0.111. The monoisotopic (exact) mass is 373 g/mol. The van der Waals surface area contributed by atoms with E-state index in [1.54, 1.807) is 12.1 Å². The zero-order valence-corrected chi connectivity index (χ0v) is 14.7. The van der Waals surface area contributed by atoms with E-state index in [1.807, 2.05) is 6.92 Å². The van der Waals surface area contributed by atoms with Gasteiger partial charge < -0.3 is 4.98 Å². The van der Waals surface area contributed by atoms with E-state index in [0.29, 0.717) is 11.3 Å². The minimum Gasteiger partial charge on any atom is -0.367 e. The van der Waals surface area contributed by atoms with E-state index >= 15 is 0 Å². The SMILES string of the molecule is Cc1ccc(S(=O)(=O)NC(=O)c2cc[nH]c2)c(Cc2ccc(F)cn2)c1. The molecule has 0 bridgehead atoms.